The first kappa shape index (κ1) is 54.0. The molecule has 368 valence electrons. The van der Waals surface area contributed by atoms with E-state index >= 15 is 0 Å². The molecule has 3 saturated carbocycles. The molecule has 4 rings (SSSR count). The van der Waals surface area contributed by atoms with Gasteiger partial charge in [-0.1, -0.05) is 72.6 Å². The van der Waals surface area contributed by atoms with Gasteiger partial charge >= 0.3 is 12.1 Å². The van der Waals surface area contributed by atoms with Crippen LogP contribution < -0.4 is 10.6 Å². The van der Waals surface area contributed by atoms with Gasteiger partial charge in [0.05, 0.1) is 6.42 Å². The molecule has 0 aromatic carbocycles. The van der Waals surface area contributed by atoms with Crippen molar-refractivity contribution in [3.63, 3.8) is 0 Å². The molecule has 64 heavy (non-hydrogen) atoms. The maximum atomic E-state index is 13.6. The molecule has 0 unspecified atom stereocenters. The van der Waals surface area contributed by atoms with E-state index in [1.54, 1.807) is 5.57 Å². The van der Waals surface area contributed by atoms with Gasteiger partial charge in [-0.3, -0.25) is 4.79 Å². The van der Waals surface area contributed by atoms with E-state index < -0.39 is 17.2 Å². The van der Waals surface area contributed by atoms with Crippen LogP contribution in [0.3, 0.4) is 0 Å². The lowest BCUT2D eigenvalue weighted by Gasteiger charge is -2.58. The number of rotatable bonds is 22. The van der Waals surface area contributed by atoms with Crippen molar-refractivity contribution >= 4 is 12.1 Å². The minimum Gasteiger partial charge on any atom is -0.474 e. The standard InChI is InChI=1S/C56H99N3O5/c1-19-42(38(2)3)23-21-39(4)46-26-27-47-45-25-24-43-37-44(29-32-55(43,17)48(45)30-33-56(46,47)18)62-49(60)28-22-40(5)59(36-34-54(15,16)57-41(6)63-51(7,8)9)35-20-31-53(13,14)58-50(61)64-52(10,11)12/h24,38-39,42,44-48,57H,5-6,19-23,25-37H2,1-4,7-18H3,(H,58,61)/t39-,42-,44+,45+,46-,47+,48+,55+,56-/m1/s1. The Labute approximate surface area is 393 Å². The zero-order valence-corrected chi connectivity index (χ0v) is 44.3. The Bertz CT molecular complexity index is 1620. The topological polar surface area (TPSA) is 89.1 Å². The van der Waals surface area contributed by atoms with Crippen LogP contribution in [0, 0.1) is 52.3 Å². The van der Waals surface area contributed by atoms with E-state index in [1.165, 1.54) is 51.4 Å². The molecular weight excluding hydrogens is 795 g/mol. The second-order valence-electron chi connectivity index (χ2n) is 25.4. The fourth-order valence-corrected chi connectivity index (χ4v) is 13.1. The van der Waals surface area contributed by atoms with Gasteiger partial charge in [0.25, 0.3) is 0 Å². The summed E-state index contributed by atoms with van der Waals surface area (Å²) in [6.45, 7) is 45.2. The summed E-state index contributed by atoms with van der Waals surface area (Å²) in [7, 11) is 0. The first-order chi connectivity index (χ1) is 29.5. The first-order valence-electron chi connectivity index (χ1n) is 26.0. The van der Waals surface area contributed by atoms with E-state index in [4.69, 9.17) is 14.2 Å². The number of alkyl carbamates (subject to hydrolysis) is 1. The molecule has 0 spiro atoms. The summed E-state index contributed by atoms with van der Waals surface area (Å²) in [5, 5.41) is 6.53. The molecule has 0 radical (unpaired) electrons. The van der Waals surface area contributed by atoms with Gasteiger partial charge in [0.2, 0.25) is 0 Å². The molecule has 9 atom stereocenters. The van der Waals surface area contributed by atoms with Gasteiger partial charge in [-0.2, -0.15) is 0 Å². The van der Waals surface area contributed by atoms with Gasteiger partial charge in [0, 0.05) is 36.3 Å². The van der Waals surface area contributed by atoms with Crippen LogP contribution >= 0.6 is 0 Å². The molecule has 8 nitrogen and oxygen atoms in total. The summed E-state index contributed by atoms with van der Waals surface area (Å²) in [5.41, 5.74) is 1.56. The SMILES string of the molecule is C=C(NC(C)(C)CCN(CCCC(C)(C)NC(=O)OC(C)(C)C)C(=C)CCC(=O)O[C@H]1CC[C@@]2(C)C(=CC[C@H]3[C@@H]4CC[C@H]([C@H](C)CC[C@@H](CC)C(C)C)[C@@]4(C)CC[C@@H]32)C1)OC(C)(C)C. The maximum absolute atomic E-state index is 13.6. The zero-order valence-electron chi connectivity index (χ0n) is 44.3. The third-order valence-corrected chi connectivity index (χ3v) is 16.6. The molecule has 8 heteroatoms. The predicted octanol–water partition coefficient (Wildman–Crippen LogP) is 14.3. The first-order valence-corrected chi connectivity index (χ1v) is 26.0. The average molecular weight is 894 g/mol. The Morgan fingerprint density at radius 3 is 2.09 bits per heavy atom. The largest absolute Gasteiger partial charge is 0.474 e. The molecule has 0 bridgehead atoms. The summed E-state index contributed by atoms with van der Waals surface area (Å²) in [4.78, 5) is 28.5. The number of hydrogen-bond acceptors (Lipinski definition) is 7. The van der Waals surface area contributed by atoms with E-state index in [0.717, 1.165) is 98.7 Å². The predicted molar refractivity (Wildman–Crippen MR) is 267 cm³/mol. The van der Waals surface area contributed by atoms with E-state index in [1.807, 2.05) is 55.4 Å². The number of nitrogens with one attached hydrogen (secondary N) is 2. The van der Waals surface area contributed by atoms with Crippen molar-refractivity contribution < 1.29 is 23.8 Å². The number of nitrogens with zero attached hydrogens (tertiary/aromatic N) is 1. The Morgan fingerprint density at radius 1 is 0.812 bits per heavy atom. The van der Waals surface area contributed by atoms with Gasteiger partial charge in [0.1, 0.15) is 17.3 Å². The van der Waals surface area contributed by atoms with Crippen LogP contribution in [0.25, 0.3) is 0 Å². The molecule has 0 heterocycles. The number of carbonyl (C=O) groups excluding carboxylic acids is 2. The minimum atomic E-state index is -0.559. The molecule has 4 aliphatic carbocycles. The van der Waals surface area contributed by atoms with Crippen molar-refractivity contribution in [3.05, 3.63) is 36.4 Å². The molecule has 2 N–H and O–H groups in total. The number of esters is 1. The highest BCUT2D eigenvalue weighted by Crippen LogP contribution is 2.67. The highest BCUT2D eigenvalue weighted by Gasteiger charge is 2.59. The molecular formula is C56H99N3O5. The smallest absolute Gasteiger partial charge is 0.408 e. The van der Waals surface area contributed by atoms with Crippen LogP contribution in [-0.4, -0.2) is 58.4 Å². The highest BCUT2D eigenvalue weighted by atomic mass is 16.6. The van der Waals surface area contributed by atoms with Crippen LogP contribution in [0.4, 0.5) is 4.79 Å². The number of fused-ring (bicyclic) bond motifs is 5. The van der Waals surface area contributed by atoms with Crippen LogP contribution in [0.2, 0.25) is 0 Å². The van der Waals surface area contributed by atoms with Gasteiger partial charge < -0.3 is 29.7 Å². The lowest BCUT2D eigenvalue weighted by Crippen LogP contribution is -2.51. The number of ether oxygens (including phenoxy) is 3. The fourth-order valence-electron chi connectivity index (χ4n) is 13.1. The summed E-state index contributed by atoms with van der Waals surface area (Å²) < 4.78 is 17.8. The Balaban J connectivity index is 1.33. The third kappa shape index (κ3) is 14.9. The monoisotopic (exact) mass is 894 g/mol. The Hall–Kier alpha value is -2.64. The second-order valence-corrected chi connectivity index (χ2v) is 25.4. The van der Waals surface area contributed by atoms with Crippen LogP contribution in [0.1, 0.15) is 214 Å². The second kappa shape index (κ2) is 21.5. The van der Waals surface area contributed by atoms with Crippen LogP contribution in [0.5, 0.6) is 0 Å². The van der Waals surface area contributed by atoms with Crippen LogP contribution in [0.15, 0.2) is 36.4 Å². The van der Waals surface area contributed by atoms with E-state index in [2.05, 4.69) is 90.2 Å². The van der Waals surface area contributed by atoms with E-state index in [0.29, 0.717) is 24.1 Å². The van der Waals surface area contributed by atoms with Crippen molar-refractivity contribution in [2.24, 2.45) is 52.3 Å². The lowest BCUT2D eigenvalue weighted by molar-refractivity contribution is -0.151. The summed E-state index contributed by atoms with van der Waals surface area (Å²) in [6, 6.07) is 0. The Morgan fingerprint density at radius 2 is 1.47 bits per heavy atom. The van der Waals surface area contributed by atoms with Crippen molar-refractivity contribution in [1.29, 1.82) is 0 Å². The van der Waals surface area contributed by atoms with E-state index in [-0.39, 0.29) is 28.6 Å². The molecule has 0 aromatic rings. The van der Waals surface area contributed by atoms with E-state index in [9.17, 15) is 9.59 Å². The normalized spacial score (nSPS) is 28.1. The van der Waals surface area contributed by atoms with Gasteiger partial charge in [-0.05, 0) is 205 Å². The minimum absolute atomic E-state index is 0.0499. The Kier molecular flexibility index (Phi) is 18.2. The van der Waals surface area contributed by atoms with Gasteiger partial charge in [0.15, 0.2) is 5.88 Å². The molecule has 0 aliphatic heterocycles. The number of amides is 1. The fraction of sp³-hybridized carbons (Fsp3) is 0.857. The zero-order chi connectivity index (χ0) is 48.1. The van der Waals surface area contributed by atoms with Crippen molar-refractivity contribution in [2.45, 2.75) is 242 Å². The average Bonchev–Trinajstić information content (AvgIpc) is 3.50. The molecule has 0 saturated heterocycles. The third-order valence-electron chi connectivity index (χ3n) is 16.6. The summed E-state index contributed by atoms with van der Waals surface area (Å²) in [5.74, 6) is 6.14. The number of hydrogen-bond donors (Lipinski definition) is 2. The molecule has 1 amide bonds. The summed E-state index contributed by atoms with van der Waals surface area (Å²) >= 11 is 0. The number of allylic oxidation sites excluding steroid dienone is 2. The van der Waals surface area contributed by atoms with Gasteiger partial charge in [-0.15, -0.1) is 0 Å². The quantitative estimate of drug-likeness (QED) is 0.0636. The van der Waals surface area contributed by atoms with Crippen molar-refractivity contribution in [1.82, 2.24) is 15.5 Å². The molecule has 0 aromatic heterocycles. The van der Waals surface area contributed by atoms with Gasteiger partial charge in [-0.25, -0.2) is 4.79 Å². The van der Waals surface area contributed by atoms with Crippen molar-refractivity contribution in [2.75, 3.05) is 13.1 Å². The number of carbonyl (C=O) groups is 2. The lowest BCUT2D eigenvalue weighted by atomic mass is 9.47. The molecule has 3 fully saturated rings. The molecule has 4 aliphatic rings. The van der Waals surface area contributed by atoms with Crippen molar-refractivity contribution in [3.8, 4) is 0 Å². The summed E-state index contributed by atoms with van der Waals surface area (Å²) in [6.07, 6.45) is 19.2. The highest BCUT2D eigenvalue weighted by molar-refractivity contribution is 5.70. The maximum Gasteiger partial charge on any atom is 0.408 e. The van der Waals surface area contributed by atoms with Crippen LogP contribution in [-0.2, 0) is 19.0 Å².